The average Bonchev–Trinajstić information content (AvgIpc) is 3.50. The topological polar surface area (TPSA) is 112 Å². The third kappa shape index (κ3) is 5.38. The molecule has 9 nitrogen and oxygen atoms in total. The Kier molecular flexibility index (Phi) is 7.31. The quantitative estimate of drug-likeness (QED) is 0.404. The number of aromatic amines is 1. The summed E-state index contributed by atoms with van der Waals surface area (Å²) in [7, 11) is 0. The van der Waals surface area contributed by atoms with Gasteiger partial charge in [0.1, 0.15) is 0 Å². The second-order valence-electron chi connectivity index (χ2n) is 7.81. The zero-order valence-corrected chi connectivity index (χ0v) is 18.3. The Labute approximate surface area is 191 Å². The number of aliphatic hydroxyl groups excluding tert-OH is 1. The van der Waals surface area contributed by atoms with Crippen molar-refractivity contribution in [2.45, 2.75) is 25.3 Å². The molecule has 0 spiro atoms. The normalized spacial score (nSPS) is 15.9. The van der Waals surface area contributed by atoms with E-state index in [1.54, 1.807) is 22.1 Å². The third-order valence-corrected chi connectivity index (χ3v) is 5.66. The van der Waals surface area contributed by atoms with Gasteiger partial charge in [0.25, 0.3) is 5.91 Å². The van der Waals surface area contributed by atoms with Crippen LogP contribution in [0, 0.1) is 0 Å². The van der Waals surface area contributed by atoms with E-state index in [1.165, 1.54) is 6.08 Å². The predicted octanol–water partition coefficient (Wildman–Crippen LogP) is 2.99. The zero-order valence-electron chi connectivity index (χ0n) is 18.3. The van der Waals surface area contributed by atoms with Crippen molar-refractivity contribution in [2.75, 3.05) is 31.2 Å². The average molecular weight is 450 g/mol. The Morgan fingerprint density at radius 1 is 1.24 bits per heavy atom. The number of pyridine rings is 1. The van der Waals surface area contributed by atoms with Crippen molar-refractivity contribution in [1.29, 1.82) is 0 Å². The Hall–Kier alpha value is -3.72. The van der Waals surface area contributed by atoms with Crippen molar-refractivity contribution < 1.29 is 19.4 Å². The number of aromatic nitrogens is 3. The van der Waals surface area contributed by atoms with Crippen molar-refractivity contribution in [3.05, 3.63) is 60.4 Å². The van der Waals surface area contributed by atoms with Gasteiger partial charge in [-0.3, -0.25) is 9.89 Å². The lowest BCUT2D eigenvalue weighted by Gasteiger charge is -2.23. The Bertz CT molecular complexity index is 1110. The van der Waals surface area contributed by atoms with Crippen molar-refractivity contribution >= 4 is 34.8 Å². The summed E-state index contributed by atoms with van der Waals surface area (Å²) >= 11 is 0. The van der Waals surface area contributed by atoms with Gasteiger partial charge in [0.05, 0.1) is 24.9 Å². The molecule has 1 fully saturated rings. The molecule has 2 N–H and O–H groups in total. The fourth-order valence-electron chi connectivity index (χ4n) is 3.95. The number of hydrogen-bond acceptors (Lipinski definition) is 6. The Morgan fingerprint density at radius 3 is 2.91 bits per heavy atom. The monoisotopic (exact) mass is 449 g/mol. The number of para-hydroxylation sites is 1. The molecular weight excluding hydrogens is 422 g/mol. The van der Waals surface area contributed by atoms with E-state index in [2.05, 4.69) is 15.2 Å². The molecule has 1 aliphatic heterocycles. The second kappa shape index (κ2) is 10.7. The van der Waals surface area contributed by atoms with Crippen LogP contribution < -0.4 is 4.90 Å². The molecule has 172 valence electrons. The van der Waals surface area contributed by atoms with Gasteiger partial charge in [0.15, 0.2) is 5.65 Å². The molecular formula is C24H27N5O4. The maximum atomic E-state index is 13.0. The number of aliphatic hydroxyl groups is 1. The van der Waals surface area contributed by atoms with E-state index >= 15 is 0 Å². The van der Waals surface area contributed by atoms with Gasteiger partial charge >= 0.3 is 6.09 Å². The lowest BCUT2D eigenvalue weighted by atomic mass is 10.2. The SMILES string of the molecule is O=C(/C=C/c1[nH]nc2ncccc12)N(CCCOC(=O)N1CCC[C@H]1CO)c1ccccc1. The number of carbonyl (C=O) groups excluding carboxylic acids is 2. The summed E-state index contributed by atoms with van der Waals surface area (Å²) in [4.78, 5) is 32.7. The number of likely N-dealkylation sites (tertiary alicyclic amines) is 1. The second-order valence-corrected chi connectivity index (χ2v) is 7.81. The molecule has 3 heterocycles. The van der Waals surface area contributed by atoms with Gasteiger partial charge in [-0.15, -0.1) is 0 Å². The smallest absolute Gasteiger partial charge is 0.410 e. The van der Waals surface area contributed by atoms with Gasteiger partial charge in [-0.25, -0.2) is 9.78 Å². The third-order valence-electron chi connectivity index (χ3n) is 5.66. The van der Waals surface area contributed by atoms with Crippen molar-refractivity contribution in [2.24, 2.45) is 0 Å². The number of ether oxygens (including phenoxy) is 1. The summed E-state index contributed by atoms with van der Waals surface area (Å²) in [5, 5.41) is 17.3. The van der Waals surface area contributed by atoms with Gasteiger partial charge in [0.2, 0.25) is 0 Å². The maximum Gasteiger partial charge on any atom is 0.410 e. The van der Waals surface area contributed by atoms with Crippen LogP contribution >= 0.6 is 0 Å². The number of rotatable bonds is 8. The van der Waals surface area contributed by atoms with E-state index in [-0.39, 0.29) is 25.2 Å². The van der Waals surface area contributed by atoms with Gasteiger partial charge in [-0.05, 0) is 49.6 Å². The summed E-state index contributed by atoms with van der Waals surface area (Å²) in [5.74, 6) is -0.195. The fraction of sp³-hybridized carbons (Fsp3) is 0.333. The van der Waals surface area contributed by atoms with E-state index < -0.39 is 6.09 Å². The zero-order chi connectivity index (χ0) is 23.0. The number of fused-ring (bicyclic) bond motifs is 1. The van der Waals surface area contributed by atoms with E-state index in [1.807, 2.05) is 42.5 Å². The van der Waals surface area contributed by atoms with Gasteiger partial charge in [-0.2, -0.15) is 5.10 Å². The van der Waals surface area contributed by atoms with E-state index in [0.29, 0.717) is 30.9 Å². The molecule has 0 radical (unpaired) electrons. The summed E-state index contributed by atoms with van der Waals surface area (Å²) in [6.45, 7) is 1.11. The maximum absolute atomic E-state index is 13.0. The molecule has 9 heteroatoms. The van der Waals surface area contributed by atoms with E-state index in [4.69, 9.17) is 4.74 Å². The first kappa shape index (κ1) is 22.5. The first-order chi connectivity index (χ1) is 16.2. The minimum Gasteiger partial charge on any atom is -0.449 e. The van der Waals surface area contributed by atoms with E-state index in [0.717, 1.165) is 23.9 Å². The number of amides is 2. The molecule has 1 atom stereocenters. The summed E-state index contributed by atoms with van der Waals surface area (Å²) in [6.07, 6.45) is 6.57. The molecule has 33 heavy (non-hydrogen) atoms. The minimum atomic E-state index is -0.413. The standard InChI is InChI=1S/C24H27N5O4/c30-17-19-9-5-14-29(19)24(32)33-16-6-15-28(18-7-2-1-3-8-18)22(31)12-11-21-20-10-4-13-25-23(20)27-26-21/h1-4,7-8,10-13,19,30H,5-6,9,14-17H2,(H,25,26,27)/b12-11+/t19-/m0/s1. The summed E-state index contributed by atoms with van der Waals surface area (Å²) in [6, 6.07) is 12.9. The van der Waals surface area contributed by atoms with Crippen LogP contribution in [-0.2, 0) is 9.53 Å². The van der Waals surface area contributed by atoms with Crippen LogP contribution in [0.2, 0.25) is 0 Å². The molecule has 0 saturated carbocycles. The highest BCUT2D eigenvalue weighted by Gasteiger charge is 2.29. The Morgan fingerprint density at radius 2 is 2.09 bits per heavy atom. The Balaban J connectivity index is 1.38. The van der Waals surface area contributed by atoms with Crippen LogP contribution in [0.25, 0.3) is 17.1 Å². The van der Waals surface area contributed by atoms with Gasteiger partial charge in [-0.1, -0.05) is 18.2 Å². The molecule has 2 amide bonds. The van der Waals surface area contributed by atoms with Crippen LogP contribution in [0.1, 0.15) is 25.0 Å². The minimum absolute atomic E-state index is 0.0561. The lowest BCUT2D eigenvalue weighted by Crippen LogP contribution is -2.38. The molecule has 2 aromatic heterocycles. The predicted molar refractivity (Wildman–Crippen MR) is 124 cm³/mol. The van der Waals surface area contributed by atoms with Crippen LogP contribution in [0.4, 0.5) is 10.5 Å². The highest BCUT2D eigenvalue weighted by Crippen LogP contribution is 2.19. The van der Waals surface area contributed by atoms with Crippen LogP contribution in [0.5, 0.6) is 0 Å². The molecule has 4 rings (SSSR count). The van der Waals surface area contributed by atoms with Crippen molar-refractivity contribution in [3.63, 3.8) is 0 Å². The van der Waals surface area contributed by atoms with Crippen LogP contribution in [-0.4, -0.2) is 69.5 Å². The van der Waals surface area contributed by atoms with Crippen LogP contribution in [0.15, 0.2) is 54.7 Å². The molecule has 3 aromatic rings. The number of H-pyrrole nitrogens is 1. The molecule has 1 aliphatic rings. The molecule has 0 aliphatic carbocycles. The highest BCUT2D eigenvalue weighted by molar-refractivity contribution is 6.04. The first-order valence-corrected chi connectivity index (χ1v) is 11.1. The molecule has 1 aromatic carbocycles. The number of nitrogens with zero attached hydrogens (tertiary/aromatic N) is 4. The first-order valence-electron chi connectivity index (χ1n) is 11.1. The number of carbonyl (C=O) groups is 2. The summed E-state index contributed by atoms with van der Waals surface area (Å²) in [5.41, 5.74) is 2.06. The largest absolute Gasteiger partial charge is 0.449 e. The van der Waals surface area contributed by atoms with Crippen LogP contribution in [0.3, 0.4) is 0 Å². The molecule has 1 saturated heterocycles. The highest BCUT2D eigenvalue weighted by atomic mass is 16.6. The van der Waals surface area contributed by atoms with Crippen molar-refractivity contribution in [1.82, 2.24) is 20.1 Å². The number of nitrogens with one attached hydrogen (secondary N) is 1. The summed E-state index contributed by atoms with van der Waals surface area (Å²) < 4.78 is 5.39. The molecule has 0 unspecified atom stereocenters. The fourth-order valence-corrected chi connectivity index (χ4v) is 3.95. The van der Waals surface area contributed by atoms with E-state index in [9.17, 15) is 14.7 Å². The number of anilines is 1. The van der Waals surface area contributed by atoms with Gasteiger partial charge in [0, 0.05) is 36.4 Å². The molecule has 0 bridgehead atoms. The van der Waals surface area contributed by atoms with Crippen molar-refractivity contribution in [3.8, 4) is 0 Å². The number of hydrogen-bond donors (Lipinski definition) is 2. The lowest BCUT2D eigenvalue weighted by molar-refractivity contribution is -0.114. The van der Waals surface area contributed by atoms with Gasteiger partial charge < -0.3 is 19.6 Å². The number of benzene rings is 1.